The van der Waals surface area contributed by atoms with Crippen molar-refractivity contribution < 1.29 is 36.6 Å². The van der Waals surface area contributed by atoms with Crippen LogP contribution in [0, 0.1) is 17.5 Å². The predicted octanol–water partition coefficient (Wildman–Crippen LogP) is 2.72. The Morgan fingerprint density at radius 1 is 1.18 bits per heavy atom. The molecule has 2 bridgehead atoms. The van der Waals surface area contributed by atoms with Crippen LogP contribution in [-0.2, 0) is 6.54 Å². The van der Waals surface area contributed by atoms with Crippen LogP contribution in [0.2, 0.25) is 0 Å². The van der Waals surface area contributed by atoms with Crippen molar-refractivity contribution in [3.8, 4) is 5.75 Å². The molecule has 2 aliphatic heterocycles. The van der Waals surface area contributed by atoms with E-state index in [2.05, 4.69) is 5.32 Å². The topological polar surface area (TPSA) is 91.6 Å². The molecule has 1 aromatic carbocycles. The molecule has 1 saturated heterocycles. The molecular weight excluding hydrogens is 453 g/mol. The summed E-state index contributed by atoms with van der Waals surface area (Å²) in [5.41, 5.74) is -3.13. The van der Waals surface area contributed by atoms with E-state index in [9.17, 15) is 41.4 Å². The Morgan fingerprint density at radius 3 is 2.45 bits per heavy atom. The second-order valence-corrected chi connectivity index (χ2v) is 8.23. The number of pyridine rings is 1. The minimum Gasteiger partial charge on any atom is -0.503 e. The highest BCUT2D eigenvalue weighted by Gasteiger charge is 2.47. The highest BCUT2D eigenvalue weighted by Crippen LogP contribution is 2.40. The molecule has 33 heavy (non-hydrogen) atoms. The zero-order chi connectivity index (χ0) is 24.2. The summed E-state index contributed by atoms with van der Waals surface area (Å²) in [7, 11) is 0. The molecule has 1 aromatic heterocycles. The van der Waals surface area contributed by atoms with E-state index in [0.717, 1.165) is 15.7 Å². The lowest BCUT2D eigenvalue weighted by Gasteiger charge is -2.36. The molecule has 2 amide bonds. The first-order valence-corrected chi connectivity index (χ1v) is 9.98. The SMILES string of the molecule is C[C@H]1CC(F)(F)C[C@H]2CN1C(=O)c1c(O)c(=O)c(C(=O)NCc3c(F)cc(F)cc3F)cn12. The monoisotopic (exact) mass is 471 g/mol. The molecular formula is C21H18F5N3O4. The molecule has 4 rings (SSSR count). The first kappa shape index (κ1) is 22.7. The third-order valence-corrected chi connectivity index (χ3v) is 5.91. The molecule has 0 saturated carbocycles. The number of benzene rings is 1. The number of carbonyl (C=O) groups excluding carboxylic acids is 2. The third kappa shape index (κ3) is 3.93. The standard InChI is InChI=1S/C21H18F5N3O4/c1-9-4-21(25,26)5-11-7-28(9)20(33)16-18(31)17(30)13(8-29(11)16)19(32)27-6-12-14(23)2-10(22)3-15(12)24/h2-3,8-9,11,31H,4-7H2,1H3,(H,27,32)/t9-,11-/m0/s1. The number of rotatable bonds is 3. The van der Waals surface area contributed by atoms with Gasteiger partial charge in [0, 0.05) is 55.9 Å². The van der Waals surface area contributed by atoms with Crippen LogP contribution in [0.4, 0.5) is 22.0 Å². The van der Waals surface area contributed by atoms with E-state index in [-0.39, 0.29) is 6.54 Å². The molecule has 0 aliphatic carbocycles. The Bertz CT molecular complexity index is 1210. The fourth-order valence-corrected chi connectivity index (χ4v) is 4.33. The summed E-state index contributed by atoms with van der Waals surface area (Å²) in [5, 5.41) is 12.5. The van der Waals surface area contributed by atoms with Gasteiger partial charge in [0.25, 0.3) is 17.7 Å². The maximum absolute atomic E-state index is 14.4. The van der Waals surface area contributed by atoms with Crippen LogP contribution in [0.25, 0.3) is 0 Å². The van der Waals surface area contributed by atoms with Crippen molar-refractivity contribution >= 4 is 11.8 Å². The van der Waals surface area contributed by atoms with Gasteiger partial charge in [0.15, 0.2) is 11.4 Å². The molecule has 2 N–H and O–H groups in total. The van der Waals surface area contributed by atoms with Crippen LogP contribution in [-0.4, -0.2) is 44.9 Å². The van der Waals surface area contributed by atoms with Gasteiger partial charge in [-0.05, 0) is 6.92 Å². The van der Waals surface area contributed by atoms with E-state index in [1.54, 1.807) is 0 Å². The van der Waals surface area contributed by atoms with Crippen molar-refractivity contribution in [1.82, 2.24) is 14.8 Å². The van der Waals surface area contributed by atoms with Crippen LogP contribution in [0.3, 0.4) is 0 Å². The Kier molecular flexibility index (Phi) is 5.41. The first-order chi connectivity index (χ1) is 15.4. The summed E-state index contributed by atoms with van der Waals surface area (Å²) in [6.07, 6.45) is -0.406. The smallest absolute Gasteiger partial charge is 0.274 e. The van der Waals surface area contributed by atoms with Gasteiger partial charge in [0.1, 0.15) is 23.0 Å². The first-order valence-electron chi connectivity index (χ1n) is 9.98. The molecule has 176 valence electrons. The van der Waals surface area contributed by atoms with Crippen molar-refractivity contribution in [1.29, 1.82) is 0 Å². The molecule has 7 nitrogen and oxygen atoms in total. The summed E-state index contributed by atoms with van der Waals surface area (Å²) >= 11 is 0. The number of halogens is 5. The lowest BCUT2D eigenvalue weighted by atomic mass is 10.0. The maximum atomic E-state index is 14.4. The summed E-state index contributed by atoms with van der Waals surface area (Å²) in [5.74, 6) is -9.91. The number of aromatic nitrogens is 1. The number of hydrogen-bond acceptors (Lipinski definition) is 4. The van der Waals surface area contributed by atoms with E-state index in [4.69, 9.17) is 0 Å². The normalized spacial score (nSPS) is 21.4. The summed E-state index contributed by atoms with van der Waals surface area (Å²) in [6, 6.07) is -1.05. The number of aromatic hydroxyl groups is 1. The van der Waals surface area contributed by atoms with Crippen molar-refractivity contribution in [2.24, 2.45) is 0 Å². The van der Waals surface area contributed by atoms with Gasteiger partial charge in [0.2, 0.25) is 5.43 Å². The molecule has 0 spiro atoms. The molecule has 0 unspecified atom stereocenters. The van der Waals surface area contributed by atoms with Crippen LogP contribution < -0.4 is 10.7 Å². The summed E-state index contributed by atoms with van der Waals surface area (Å²) in [6.45, 7) is 0.566. The van der Waals surface area contributed by atoms with Gasteiger partial charge in [-0.2, -0.15) is 0 Å². The van der Waals surface area contributed by atoms with Crippen molar-refractivity contribution in [2.75, 3.05) is 6.54 Å². The van der Waals surface area contributed by atoms with E-state index in [1.165, 1.54) is 6.92 Å². The van der Waals surface area contributed by atoms with Crippen LogP contribution in [0.1, 0.15) is 52.2 Å². The van der Waals surface area contributed by atoms with Gasteiger partial charge < -0.3 is 19.9 Å². The van der Waals surface area contributed by atoms with Crippen molar-refractivity contribution in [3.05, 3.63) is 62.8 Å². The number of nitrogens with one attached hydrogen (secondary N) is 1. The number of fused-ring (bicyclic) bond motifs is 4. The Balaban J connectivity index is 1.71. The van der Waals surface area contributed by atoms with Gasteiger partial charge >= 0.3 is 0 Å². The van der Waals surface area contributed by atoms with Crippen LogP contribution >= 0.6 is 0 Å². The molecule has 2 atom stereocenters. The number of carbonyl (C=O) groups is 2. The van der Waals surface area contributed by atoms with Crippen molar-refractivity contribution in [3.63, 3.8) is 0 Å². The second kappa shape index (κ2) is 7.85. The predicted molar refractivity (Wildman–Crippen MR) is 104 cm³/mol. The van der Waals surface area contributed by atoms with Crippen molar-refractivity contribution in [2.45, 2.75) is 44.3 Å². The minimum atomic E-state index is -3.14. The fourth-order valence-electron chi connectivity index (χ4n) is 4.33. The van der Waals surface area contributed by atoms with Gasteiger partial charge in [-0.15, -0.1) is 0 Å². The second-order valence-electron chi connectivity index (χ2n) is 8.23. The van der Waals surface area contributed by atoms with Crippen LogP contribution in [0.5, 0.6) is 5.75 Å². The van der Waals surface area contributed by atoms with E-state index in [1.807, 2.05) is 0 Å². The zero-order valence-electron chi connectivity index (χ0n) is 17.2. The van der Waals surface area contributed by atoms with Gasteiger partial charge in [-0.25, -0.2) is 22.0 Å². The van der Waals surface area contributed by atoms with Crippen LogP contribution in [0.15, 0.2) is 23.1 Å². The zero-order valence-corrected chi connectivity index (χ0v) is 17.2. The largest absolute Gasteiger partial charge is 0.503 e. The highest BCUT2D eigenvalue weighted by molar-refractivity contribution is 5.99. The number of nitrogens with zero attached hydrogens (tertiary/aromatic N) is 2. The molecule has 0 radical (unpaired) electrons. The lowest BCUT2D eigenvalue weighted by molar-refractivity contribution is -0.0271. The third-order valence-electron chi connectivity index (χ3n) is 5.91. The molecule has 2 aliphatic rings. The van der Waals surface area contributed by atoms with E-state index in [0.29, 0.717) is 12.1 Å². The maximum Gasteiger partial charge on any atom is 0.274 e. The van der Waals surface area contributed by atoms with E-state index >= 15 is 0 Å². The Labute approximate surface area is 183 Å². The fraction of sp³-hybridized carbons (Fsp3) is 0.381. The molecule has 2 aromatic rings. The van der Waals surface area contributed by atoms with E-state index < -0.39 is 94.7 Å². The van der Waals surface area contributed by atoms with Gasteiger partial charge in [0.05, 0.1) is 6.04 Å². The number of alkyl halides is 2. The molecule has 1 fully saturated rings. The van der Waals surface area contributed by atoms with Gasteiger partial charge in [-0.1, -0.05) is 0 Å². The number of amides is 2. The Hall–Kier alpha value is -3.44. The number of hydrogen-bond donors (Lipinski definition) is 2. The lowest BCUT2D eigenvalue weighted by Crippen LogP contribution is -2.47. The molecule has 12 heteroatoms. The average Bonchev–Trinajstić information content (AvgIpc) is 2.80. The summed E-state index contributed by atoms with van der Waals surface area (Å²) < 4.78 is 70.4. The Morgan fingerprint density at radius 2 is 1.82 bits per heavy atom. The van der Waals surface area contributed by atoms with Gasteiger partial charge in [-0.3, -0.25) is 14.4 Å². The highest BCUT2D eigenvalue weighted by atomic mass is 19.3. The average molecular weight is 471 g/mol. The quantitative estimate of drug-likeness (QED) is 0.674. The summed E-state index contributed by atoms with van der Waals surface area (Å²) in [4.78, 5) is 39.1. The molecule has 3 heterocycles. The minimum absolute atomic E-state index is 0.113.